The van der Waals surface area contributed by atoms with Gasteiger partial charge in [-0.15, -0.1) is 0 Å². The van der Waals surface area contributed by atoms with E-state index in [1.54, 1.807) is 23.5 Å². The molecule has 2 unspecified atom stereocenters. The Hall–Kier alpha value is -2.75. The highest BCUT2D eigenvalue weighted by Crippen LogP contribution is 2.46. The lowest BCUT2D eigenvalue weighted by atomic mass is 9.99. The van der Waals surface area contributed by atoms with E-state index in [4.69, 9.17) is 14.2 Å². The van der Waals surface area contributed by atoms with Gasteiger partial charge in [-0.3, -0.25) is 0 Å². The molecule has 0 radical (unpaired) electrons. The summed E-state index contributed by atoms with van der Waals surface area (Å²) in [6, 6.07) is 12.4. The molecule has 9 heteroatoms. The van der Waals surface area contributed by atoms with Crippen molar-refractivity contribution >= 4 is 48.6 Å². The molecular weight excluding hydrogens is 566 g/mol. The minimum Gasteiger partial charge on any atom is -0.478 e. The first-order valence-corrected chi connectivity index (χ1v) is 14.8. The lowest BCUT2D eigenvalue weighted by molar-refractivity contribution is 0.0147. The Morgan fingerprint density at radius 1 is 1.18 bits per heavy atom. The number of piperidine rings is 1. The molecule has 3 aliphatic rings. The molecule has 1 saturated carbocycles. The average molecular weight is 595 g/mol. The molecule has 38 heavy (non-hydrogen) atoms. The van der Waals surface area contributed by atoms with E-state index in [0.29, 0.717) is 24.6 Å². The first kappa shape index (κ1) is 24.3. The summed E-state index contributed by atoms with van der Waals surface area (Å²) in [5.74, 6) is 0.546. The largest absolute Gasteiger partial charge is 0.478 e. The third-order valence-electron chi connectivity index (χ3n) is 8.23. The predicted octanol–water partition coefficient (Wildman–Crippen LogP) is 7.31. The molecule has 2 saturated heterocycles. The number of hydrogen-bond acceptors (Lipinski definition) is 7. The van der Waals surface area contributed by atoms with Crippen LogP contribution in [0.5, 0.6) is 0 Å². The van der Waals surface area contributed by atoms with Crippen LogP contribution in [0.2, 0.25) is 0 Å². The predicted molar refractivity (Wildman–Crippen MR) is 150 cm³/mol. The molecule has 4 aromatic rings. The molecule has 1 N–H and O–H groups in total. The second kappa shape index (κ2) is 9.47. The maximum absolute atomic E-state index is 11.5. The number of carboxylic acids is 1. The van der Waals surface area contributed by atoms with Crippen LogP contribution >= 0.6 is 27.3 Å². The summed E-state index contributed by atoms with van der Waals surface area (Å²) in [6.45, 7) is 2.64. The van der Waals surface area contributed by atoms with Gasteiger partial charge in [0.05, 0.1) is 28.5 Å². The summed E-state index contributed by atoms with van der Waals surface area (Å²) < 4.78 is 14.1. The van der Waals surface area contributed by atoms with E-state index in [-0.39, 0.29) is 11.7 Å². The fourth-order valence-electron chi connectivity index (χ4n) is 6.17. The molecular formula is C29H28BrN3O4S. The number of hydrogen-bond donors (Lipinski definition) is 1. The Balaban J connectivity index is 1.10. The highest BCUT2D eigenvalue weighted by Gasteiger charge is 2.43. The first-order valence-electron chi connectivity index (χ1n) is 13.2. The molecule has 7 rings (SSSR count). The van der Waals surface area contributed by atoms with Crippen LogP contribution < -0.4 is 4.90 Å². The number of nitrogens with zero attached hydrogens (tertiary/aromatic N) is 3. The summed E-state index contributed by atoms with van der Waals surface area (Å²) in [5, 5.41) is 14.9. The van der Waals surface area contributed by atoms with Crippen molar-refractivity contribution in [3.63, 3.8) is 0 Å². The molecule has 3 atom stereocenters. The van der Waals surface area contributed by atoms with Crippen LogP contribution in [-0.4, -0.2) is 39.4 Å². The van der Waals surface area contributed by atoms with E-state index in [1.165, 1.54) is 5.56 Å². The lowest BCUT2D eigenvalue weighted by Gasteiger charge is -2.38. The first-order chi connectivity index (χ1) is 18.5. The van der Waals surface area contributed by atoms with E-state index in [1.807, 2.05) is 0 Å². The Labute approximate surface area is 232 Å². The number of ether oxygens (including phenoxy) is 1. The molecule has 2 aliphatic heterocycles. The van der Waals surface area contributed by atoms with Crippen LogP contribution in [-0.2, 0) is 11.3 Å². The van der Waals surface area contributed by atoms with Crippen molar-refractivity contribution in [1.29, 1.82) is 0 Å². The van der Waals surface area contributed by atoms with Gasteiger partial charge in [0, 0.05) is 33.6 Å². The van der Waals surface area contributed by atoms with Crippen molar-refractivity contribution in [2.45, 2.75) is 76.2 Å². The smallest absolute Gasteiger partial charge is 0.335 e. The van der Waals surface area contributed by atoms with E-state index in [9.17, 15) is 9.90 Å². The average Bonchev–Trinajstić information content (AvgIpc) is 3.41. The van der Waals surface area contributed by atoms with Gasteiger partial charge in [-0.2, -0.15) is 0 Å². The number of halogens is 1. The van der Waals surface area contributed by atoms with Gasteiger partial charge in [0.15, 0.2) is 5.13 Å². The van der Waals surface area contributed by atoms with Crippen LogP contribution in [0.1, 0.15) is 71.7 Å². The summed E-state index contributed by atoms with van der Waals surface area (Å²) in [6.07, 6.45) is 6.65. The maximum Gasteiger partial charge on any atom is 0.335 e. The molecule has 2 bridgehead atoms. The van der Waals surface area contributed by atoms with E-state index < -0.39 is 5.97 Å². The van der Waals surface area contributed by atoms with Crippen molar-refractivity contribution in [2.75, 3.05) is 4.90 Å². The Morgan fingerprint density at radius 3 is 2.66 bits per heavy atom. The second-order valence-electron chi connectivity index (χ2n) is 10.8. The van der Waals surface area contributed by atoms with Gasteiger partial charge < -0.3 is 19.3 Å². The van der Waals surface area contributed by atoms with Crippen molar-refractivity contribution in [2.24, 2.45) is 0 Å². The summed E-state index contributed by atoms with van der Waals surface area (Å²) >= 11 is 5.11. The minimum atomic E-state index is -0.927. The zero-order chi connectivity index (χ0) is 26.0. The van der Waals surface area contributed by atoms with Gasteiger partial charge in [0.25, 0.3) is 0 Å². The molecule has 3 fully saturated rings. The van der Waals surface area contributed by atoms with Gasteiger partial charge in [0.2, 0.25) is 0 Å². The van der Waals surface area contributed by atoms with Gasteiger partial charge in [-0.1, -0.05) is 40.8 Å². The van der Waals surface area contributed by atoms with Crippen molar-refractivity contribution in [3.05, 3.63) is 63.3 Å². The normalized spacial score (nSPS) is 22.9. The van der Waals surface area contributed by atoms with Gasteiger partial charge in [-0.25, -0.2) is 9.78 Å². The number of fused-ring (bicyclic) bond motifs is 3. The molecule has 2 aromatic carbocycles. The fraction of sp³-hybridized carbons (Fsp3) is 0.414. The topological polar surface area (TPSA) is 88.7 Å². The molecule has 196 valence electrons. The number of aryl methyl sites for hydroxylation is 1. The number of carbonyl (C=O) groups is 1. The highest BCUT2D eigenvalue weighted by molar-refractivity contribution is 9.10. The van der Waals surface area contributed by atoms with E-state index in [2.05, 4.69) is 57.2 Å². The zero-order valence-electron chi connectivity index (χ0n) is 21.0. The highest BCUT2D eigenvalue weighted by atomic mass is 79.9. The molecule has 4 heterocycles. The molecule has 2 aromatic heterocycles. The Morgan fingerprint density at radius 2 is 1.95 bits per heavy atom. The number of anilines is 1. The zero-order valence-corrected chi connectivity index (χ0v) is 23.4. The quantitative estimate of drug-likeness (QED) is 0.240. The van der Waals surface area contributed by atoms with Crippen LogP contribution in [0.3, 0.4) is 0 Å². The molecule has 0 spiro atoms. The van der Waals surface area contributed by atoms with E-state index in [0.717, 1.165) is 80.9 Å². The maximum atomic E-state index is 11.5. The molecule has 1 aliphatic carbocycles. The Bertz CT molecular complexity index is 1530. The van der Waals surface area contributed by atoms with Gasteiger partial charge in [-0.05, 0) is 79.1 Å². The third-order valence-corrected chi connectivity index (χ3v) is 9.85. The number of carboxylic acid groups (broad SMARTS) is 1. The van der Waals surface area contributed by atoms with Crippen molar-refractivity contribution in [3.8, 4) is 11.3 Å². The summed E-state index contributed by atoms with van der Waals surface area (Å²) in [7, 11) is 0. The monoisotopic (exact) mass is 593 g/mol. The molecule has 7 nitrogen and oxygen atoms in total. The lowest BCUT2D eigenvalue weighted by Crippen LogP contribution is -2.45. The van der Waals surface area contributed by atoms with Gasteiger partial charge in [0.1, 0.15) is 11.5 Å². The van der Waals surface area contributed by atoms with Crippen molar-refractivity contribution < 1.29 is 19.2 Å². The summed E-state index contributed by atoms with van der Waals surface area (Å²) in [4.78, 5) is 18.9. The number of benzene rings is 2. The minimum absolute atomic E-state index is 0.176. The molecule has 0 amide bonds. The fourth-order valence-corrected chi connectivity index (χ4v) is 8.02. The SMILES string of the molecule is Cc1ccccc1-c1noc(C2CC2)c1COC1CC2CC[C@@H](C1)N2c1nc2c(Br)cc(C(=O)O)cc2s1. The third kappa shape index (κ3) is 4.25. The van der Waals surface area contributed by atoms with E-state index >= 15 is 0 Å². The number of thiazole rings is 1. The van der Waals surface area contributed by atoms with Crippen LogP contribution in [0, 0.1) is 6.92 Å². The van der Waals surface area contributed by atoms with Crippen LogP contribution in [0.25, 0.3) is 21.5 Å². The van der Waals surface area contributed by atoms with Gasteiger partial charge >= 0.3 is 5.97 Å². The second-order valence-corrected chi connectivity index (χ2v) is 12.6. The van der Waals surface area contributed by atoms with Crippen molar-refractivity contribution in [1.82, 2.24) is 10.1 Å². The standard InChI is InChI=1S/C29H28BrN3O4S/c1-15-4-2-3-5-21(15)25-22(27(37-32-25)16-6-7-16)14-36-20-12-18-8-9-19(13-20)33(18)29-31-26-23(30)10-17(28(34)35)11-24(26)38-29/h2-5,10-11,16,18-20H,6-9,12-14H2,1H3,(H,34,35)/t18-,19?,20?/m0/s1. The number of aromatic nitrogens is 2. The van der Waals surface area contributed by atoms with Crippen LogP contribution in [0.15, 0.2) is 45.4 Å². The number of rotatable bonds is 7. The Kier molecular flexibility index (Phi) is 6.05. The van der Waals surface area contributed by atoms with Crippen LogP contribution in [0.4, 0.5) is 5.13 Å². The summed E-state index contributed by atoms with van der Waals surface area (Å²) in [5.41, 5.74) is 5.45. The number of aromatic carboxylic acids is 1.